The summed E-state index contributed by atoms with van der Waals surface area (Å²) in [5.74, 6) is -0.0941. The van der Waals surface area contributed by atoms with Crippen LogP contribution in [-0.2, 0) is 9.53 Å². The Labute approximate surface area is 166 Å². The minimum atomic E-state index is -0.765. The van der Waals surface area contributed by atoms with Gasteiger partial charge in [-0.25, -0.2) is 4.79 Å². The number of phenolic OH excluding ortho intramolecular Hbond substituents is 1. The van der Waals surface area contributed by atoms with E-state index in [1.54, 1.807) is 30.3 Å². The van der Waals surface area contributed by atoms with E-state index in [0.29, 0.717) is 16.9 Å². The lowest BCUT2D eigenvalue weighted by molar-refractivity contribution is -0.124. The smallest absolute Gasteiger partial charge is 0.342 e. The fourth-order valence-electron chi connectivity index (χ4n) is 3.18. The molecule has 3 aromatic carbocycles. The second kappa shape index (κ2) is 7.71. The molecule has 1 aliphatic heterocycles. The third-order valence-corrected chi connectivity index (χ3v) is 4.73. The Bertz CT molecular complexity index is 1090. The molecule has 0 saturated heterocycles. The molecule has 7 heteroatoms. The quantitative estimate of drug-likeness (QED) is 0.646. The van der Waals surface area contributed by atoms with E-state index in [9.17, 15) is 14.7 Å². The number of esters is 1. The van der Waals surface area contributed by atoms with Crippen molar-refractivity contribution in [1.82, 2.24) is 5.32 Å². The molecule has 0 radical (unpaired) electrons. The van der Waals surface area contributed by atoms with Crippen molar-refractivity contribution in [3.63, 3.8) is 0 Å². The van der Waals surface area contributed by atoms with Crippen molar-refractivity contribution in [2.45, 2.75) is 13.0 Å². The number of carbonyl (C=O) groups is 2. The highest BCUT2D eigenvalue weighted by Gasteiger charge is 2.19. The molecule has 0 fully saturated rings. The van der Waals surface area contributed by atoms with Crippen LogP contribution in [0.3, 0.4) is 0 Å². The monoisotopic (exact) mass is 393 g/mol. The van der Waals surface area contributed by atoms with Crippen LogP contribution in [0.15, 0.2) is 54.6 Å². The van der Waals surface area contributed by atoms with Gasteiger partial charge in [0.1, 0.15) is 11.3 Å². The topological polar surface area (TPSA) is 94.1 Å². The Hall–Kier alpha value is -3.74. The SMILES string of the molecule is CC(NC(=O)COC(=O)c1ccc2ccccc2c1O)c1ccc2c(c1)OCO2. The summed E-state index contributed by atoms with van der Waals surface area (Å²) >= 11 is 0. The van der Waals surface area contributed by atoms with Crippen LogP contribution in [-0.4, -0.2) is 30.4 Å². The Morgan fingerprint density at radius 2 is 1.90 bits per heavy atom. The predicted octanol–water partition coefficient (Wildman–Crippen LogP) is 3.31. The number of carbonyl (C=O) groups excluding carboxylic acids is 2. The summed E-state index contributed by atoms with van der Waals surface area (Å²) in [6.07, 6.45) is 0. The normalized spacial score (nSPS) is 13.1. The van der Waals surface area contributed by atoms with Crippen LogP contribution in [0.1, 0.15) is 28.9 Å². The van der Waals surface area contributed by atoms with E-state index in [4.69, 9.17) is 14.2 Å². The molecule has 3 aromatic rings. The van der Waals surface area contributed by atoms with Gasteiger partial charge in [0.2, 0.25) is 6.79 Å². The maximum absolute atomic E-state index is 12.3. The molecule has 1 aliphatic rings. The summed E-state index contributed by atoms with van der Waals surface area (Å²) in [7, 11) is 0. The number of fused-ring (bicyclic) bond motifs is 2. The van der Waals surface area contributed by atoms with Gasteiger partial charge in [0.05, 0.1) is 6.04 Å². The van der Waals surface area contributed by atoms with Gasteiger partial charge in [-0.05, 0) is 36.1 Å². The number of benzene rings is 3. The molecule has 7 nitrogen and oxygen atoms in total. The summed E-state index contributed by atoms with van der Waals surface area (Å²) in [4.78, 5) is 24.5. The molecule has 0 aliphatic carbocycles. The first kappa shape index (κ1) is 18.6. The maximum atomic E-state index is 12.3. The highest BCUT2D eigenvalue weighted by molar-refractivity contribution is 6.01. The van der Waals surface area contributed by atoms with Gasteiger partial charge in [0, 0.05) is 5.39 Å². The Morgan fingerprint density at radius 1 is 1.10 bits per heavy atom. The largest absolute Gasteiger partial charge is 0.506 e. The summed E-state index contributed by atoms with van der Waals surface area (Å²) in [5.41, 5.74) is 0.849. The number of hydrogen-bond acceptors (Lipinski definition) is 6. The molecule has 1 heterocycles. The van der Waals surface area contributed by atoms with E-state index in [-0.39, 0.29) is 24.1 Å². The first-order chi connectivity index (χ1) is 14.0. The van der Waals surface area contributed by atoms with Crippen LogP contribution in [0.4, 0.5) is 0 Å². The first-order valence-corrected chi connectivity index (χ1v) is 9.09. The number of aromatic hydroxyl groups is 1. The Kier molecular flexibility index (Phi) is 4.95. The average molecular weight is 393 g/mol. The molecule has 29 heavy (non-hydrogen) atoms. The molecule has 0 saturated carbocycles. The molecular weight excluding hydrogens is 374 g/mol. The van der Waals surface area contributed by atoms with Crippen LogP contribution in [0.2, 0.25) is 0 Å². The highest BCUT2D eigenvalue weighted by atomic mass is 16.7. The third-order valence-electron chi connectivity index (χ3n) is 4.73. The average Bonchev–Trinajstić information content (AvgIpc) is 3.20. The van der Waals surface area contributed by atoms with Gasteiger partial charge in [-0.15, -0.1) is 0 Å². The van der Waals surface area contributed by atoms with Crippen molar-refractivity contribution in [3.05, 3.63) is 65.7 Å². The van der Waals surface area contributed by atoms with Gasteiger partial charge in [0.15, 0.2) is 18.1 Å². The van der Waals surface area contributed by atoms with E-state index in [0.717, 1.165) is 10.9 Å². The zero-order chi connectivity index (χ0) is 20.4. The standard InChI is InChI=1S/C22H19NO6/c1-13(15-7-9-18-19(10-15)29-12-28-18)23-20(24)11-27-22(26)17-8-6-14-4-2-3-5-16(14)21(17)25/h2-10,13,25H,11-12H2,1H3,(H,23,24). The predicted molar refractivity (Wildman–Crippen MR) is 105 cm³/mol. The summed E-state index contributed by atoms with van der Waals surface area (Å²) in [5, 5.41) is 14.4. The number of rotatable bonds is 5. The van der Waals surface area contributed by atoms with E-state index < -0.39 is 18.5 Å². The van der Waals surface area contributed by atoms with E-state index in [2.05, 4.69) is 5.32 Å². The van der Waals surface area contributed by atoms with Crippen molar-refractivity contribution < 1.29 is 28.9 Å². The van der Waals surface area contributed by atoms with Gasteiger partial charge in [0.25, 0.3) is 5.91 Å². The summed E-state index contributed by atoms with van der Waals surface area (Å²) < 4.78 is 15.7. The fraction of sp³-hybridized carbons (Fsp3) is 0.182. The molecule has 0 bridgehead atoms. The lowest BCUT2D eigenvalue weighted by Gasteiger charge is -2.15. The molecule has 0 aromatic heterocycles. The van der Waals surface area contributed by atoms with Crippen LogP contribution < -0.4 is 14.8 Å². The van der Waals surface area contributed by atoms with Crippen molar-refractivity contribution in [2.24, 2.45) is 0 Å². The van der Waals surface area contributed by atoms with Crippen LogP contribution >= 0.6 is 0 Å². The molecule has 1 atom stereocenters. The van der Waals surface area contributed by atoms with Crippen LogP contribution in [0, 0.1) is 0 Å². The number of amides is 1. The summed E-state index contributed by atoms with van der Waals surface area (Å²) in [6.45, 7) is 1.53. The second-order valence-electron chi connectivity index (χ2n) is 6.66. The number of nitrogens with one attached hydrogen (secondary N) is 1. The van der Waals surface area contributed by atoms with Crippen molar-refractivity contribution in [2.75, 3.05) is 13.4 Å². The lowest BCUT2D eigenvalue weighted by atomic mass is 10.1. The van der Waals surface area contributed by atoms with Crippen LogP contribution in [0.25, 0.3) is 10.8 Å². The van der Waals surface area contributed by atoms with E-state index in [1.165, 1.54) is 6.07 Å². The minimum Gasteiger partial charge on any atom is -0.506 e. The molecule has 1 unspecified atom stereocenters. The molecular formula is C22H19NO6. The van der Waals surface area contributed by atoms with Gasteiger partial charge in [-0.3, -0.25) is 4.79 Å². The van der Waals surface area contributed by atoms with Crippen molar-refractivity contribution in [3.8, 4) is 17.2 Å². The lowest BCUT2D eigenvalue weighted by Crippen LogP contribution is -2.31. The second-order valence-corrected chi connectivity index (χ2v) is 6.66. The number of ether oxygens (including phenoxy) is 3. The van der Waals surface area contributed by atoms with E-state index >= 15 is 0 Å². The fourth-order valence-corrected chi connectivity index (χ4v) is 3.18. The maximum Gasteiger partial charge on any atom is 0.342 e. The number of phenols is 1. The number of hydrogen-bond donors (Lipinski definition) is 2. The third kappa shape index (κ3) is 3.80. The Morgan fingerprint density at radius 3 is 2.76 bits per heavy atom. The van der Waals surface area contributed by atoms with E-state index in [1.807, 2.05) is 25.1 Å². The molecule has 0 spiro atoms. The highest BCUT2D eigenvalue weighted by Crippen LogP contribution is 2.34. The van der Waals surface area contributed by atoms with Crippen molar-refractivity contribution >= 4 is 22.6 Å². The van der Waals surface area contributed by atoms with Gasteiger partial charge in [-0.1, -0.05) is 36.4 Å². The van der Waals surface area contributed by atoms with Crippen molar-refractivity contribution in [1.29, 1.82) is 0 Å². The van der Waals surface area contributed by atoms with Gasteiger partial charge >= 0.3 is 5.97 Å². The molecule has 1 amide bonds. The van der Waals surface area contributed by atoms with Gasteiger partial charge < -0.3 is 24.6 Å². The first-order valence-electron chi connectivity index (χ1n) is 9.09. The zero-order valence-corrected chi connectivity index (χ0v) is 15.7. The zero-order valence-electron chi connectivity index (χ0n) is 15.7. The molecule has 4 rings (SSSR count). The molecule has 148 valence electrons. The van der Waals surface area contributed by atoms with Crippen LogP contribution in [0.5, 0.6) is 17.2 Å². The molecule has 2 N–H and O–H groups in total. The summed E-state index contributed by atoms with van der Waals surface area (Å²) in [6, 6.07) is 15.4. The van der Waals surface area contributed by atoms with Gasteiger partial charge in [-0.2, -0.15) is 0 Å². The minimum absolute atomic E-state index is 0.0142. The Balaban J connectivity index is 1.37.